The van der Waals surface area contributed by atoms with Gasteiger partial charge in [-0.05, 0) is 26.3 Å². The van der Waals surface area contributed by atoms with Gasteiger partial charge in [0.05, 0.1) is 0 Å². The van der Waals surface area contributed by atoms with Gasteiger partial charge in [-0.1, -0.05) is 174 Å². The Morgan fingerprint density at radius 1 is 0.636 bits per heavy atom. The Morgan fingerprint density at radius 3 is 1.52 bits per heavy atom. The second-order valence-corrected chi connectivity index (χ2v) is 15.4. The first-order chi connectivity index (χ1) is 16.1. The molecule has 0 aromatic heterocycles. The van der Waals surface area contributed by atoms with Gasteiger partial charge in [-0.15, -0.1) is 0 Å². The molecule has 1 aromatic carbocycles. The molecule has 2 rings (SSSR count). The zero-order valence-corrected chi connectivity index (χ0v) is 23.7. The fraction of sp³-hybridized carbons (Fsp3) is 0.688. The Balaban J connectivity index is 1.56. The number of hydrogen-bond donors (Lipinski definition) is 0. The predicted molar refractivity (Wildman–Crippen MR) is 153 cm³/mol. The summed E-state index contributed by atoms with van der Waals surface area (Å²) in [5.41, 5.74) is 3.13. The van der Waals surface area contributed by atoms with Crippen LogP contribution in [0.15, 0.2) is 52.8 Å². The molecule has 0 radical (unpaired) electrons. The topological polar surface area (TPSA) is 0 Å². The Kier molecular flexibility index (Phi) is 14.1. The van der Waals surface area contributed by atoms with Gasteiger partial charge in [0.1, 0.15) is 8.07 Å². The molecule has 0 saturated carbocycles. The van der Waals surface area contributed by atoms with Crippen molar-refractivity contribution in [3.8, 4) is 0 Å². The highest BCUT2D eigenvalue weighted by atomic mass is 28.3. The van der Waals surface area contributed by atoms with Crippen LogP contribution in [-0.2, 0) is 0 Å². The second kappa shape index (κ2) is 16.5. The molecule has 0 bridgehead atoms. The van der Waals surface area contributed by atoms with E-state index in [0.717, 1.165) is 0 Å². The molecule has 0 heterocycles. The zero-order chi connectivity index (χ0) is 23.8. The van der Waals surface area contributed by atoms with E-state index in [9.17, 15) is 0 Å². The van der Waals surface area contributed by atoms with Crippen LogP contribution in [0.4, 0.5) is 0 Å². The van der Waals surface area contributed by atoms with E-state index >= 15 is 0 Å². The van der Waals surface area contributed by atoms with Crippen LogP contribution >= 0.6 is 0 Å². The summed E-state index contributed by atoms with van der Waals surface area (Å²) in [7, 11) is -1.58. The van der Waals surface area contributed by atoms with E-state index in [-0.39, 0.29) is 0 Å². The van der Waals surface area contributed by atoms with Crippen LogP contribution in [0.25, 0.3) is 0 Å². The number of benzene rings is 1. The van der Waals surface area contributed by atoms with Gasteiger partial charge in [-0.25, -0.2) is 0 Å². The summed E-state index contributed by atoms with van der Waals surface area (Å²) >= 11 is 0. The third-order valence-electron chi connectivity index (χ3n) is 8.00. The zero-order valence-electron chi connectivity index (χ0n) is 22.7. The maximum absolute atomic E-state index is 2.64. The monoisotopic (exact) mass is 466 g/mol. The molecule has 1 aliphatic rings. The van der Waals surface area contributed by atoms with E-state index in [1.807, 2.05) is 0 Å². The Morgan fingerprint density at radius 2 is 1.09 bits per heavy atom. The summed E-state index contributed by atoms with van der Waals surface area (Å²) in [5, 5.41) is 3.44. The summed E-state index contributed by atoms with van der Waals surface area (Å²) in [5.74, 6) is 0. The number of rotatable bonds is 19. The summed E-state index contributed by atoms with van der Waals surface area (Å²) in [6, 6.07) is 12.9. The Labute approximate surface area is 208 Å². The first-order valence-electron chi connectivity index (χ1n) is 14.5. The lowest BCUT2D eigenvalue weighted by molar-refractivity contribution is 0.531. The van der Waals surface area contributed by atoms with Crippen LogP contribution in [0, 0.1) is 0 Å². The highest BCUT2D eigenvalue weighted by Gasteiger charge is 2.35. The quantitative estimate of drug-likeness (QED) is 0.140. The first-order valence-corrected chi connectivity index (χ1v) is 17.2. The summed E-state index contributed by atoms with van der Waals surface area (Å²) < 4.78 is 0. The SMILES string of the molecule is CCCCCCCCCCCCCCCCCC[Si](C)(C1=C(C)C=C(C)C1)c1ccccc1. The van der Waals surface area contributed by atoms with Crippen LogP contribution in [0.5, 0.6) is 0 Å². The van der Waals surface area contributed by atoms with Gasteiger partial charge in [-0.2, -0.15) is 0 Å². The van der Waals surface area contributed by atoms with Crippen LogP contribution in [-0.4, -0.2) is 8.07 Å². The van der Waals surface area contributed by atoms with E-state index in [0.29, 0.717) is 0 Å². The highest BCUT2D eigenvalue weighted by molar-refractivity contribution is 6.96. The first kappa shape index (κ1) is 28.2. The lowest BCUT2D eigenvalue weighted by atomic mass is 10.0. The van der Waals surface area contributed by atoms with E-state index in [1.165, 1.54) is 115 Å². The van der Waals surface area contributed by atoms with Crippen molar-refractivity contribution in [2.45, 2.75) is 143 Å². The van der Waals surface area contributed by atoms with E-state index in [4.69, 9.17) is 0 Å². The van der Waals surface area contributed by atoms with Gasteiger partial charge in [0.25, 0.3) is 0 Å². The summed E-state index contributed by atoms with van der Waals surface area (Å²) in [4.78, 5) is 0. The van der Waals surface area contributed by atoms with Crippen molar-refractivity contribution < 1.29 is 0 Å². The Hall–Kier alpha value is -1.08. The molecule has 1 heteroatoms. The van der Waals surface area contributed by atoms with Crippen molar-refractivity contribution in [1.82, 2.24) is 0 Å². The molecule has 1 aromatic rings. The van der Waals surface area contributed by atoms with Crippen molar-refractivity contribution in [2.24, 2.45) is 0 Å². The maximum Gasteiger partial charge on any atom is 0.111 e. The minimum atomic E-state index is -1.58. The normalized spacial score (nSPS) is 15.7. The number of unbranched alkanes of at least 4 members (excludes halogenated alkanes) is 15. The molecule has 186 valence electrons. The lowest BCUT2D eigenvalue weighted by Gasteiger charge is -2.31. The largest absolute Gasteiger partial charge is 0.111 e. The van der Waals surface area contributed by atoms with Gasteiger partial charge < -0.3 is 0 Å². The molecule has 0 fully saturated rings. The van der Waals surface area contributed by atoms with Crippen molar-refractivity contribution >= 4 is 13.3 Å². The van der Waals surface area contributed by atoms with Crippen LogP contribution in [0.3, 0.4) is 0 Å². The van der Waals surface area contributed by atoms with Crippen LogP contribution in [0.2, 0.25) is 12.6 Å². The van der Waals surface area contributed by atoms with Crippen molar-refractivity contribution in [3.05, 3.63) is 52.8 Å². The van der Waals surface area contributed by atoms with Crippen molar-refractivity contribution in [2.75, 3.05) is 0 Å². The van der Waals surface area contributed by atoms with Crippen LogP contribution < -0.4 is 5.19 Å². The molecule has 0 nitrogen and oxygen atoms in total. The third-order valence-corrected chi connectivity index (χ3v) is 12.9. The second-order valence-electron chi connectivity index (χ2n) is 11.1. The molecule has 1 aliphatic carbocycles. The number of hydrogen-bond acceptors (Lipinski definition) is 0. The highest BCUT2D eigenvalue weighted by Crippen LogP contribution is 2.35. The van der Waals surface area contributed by atoms with Crippen molar-refractivity contribution in [3.63, 3.8) is 0 Å². The minimum Gasteiger partial charge on any atom is -0.0694 e. The average Bonchev–Trinajstić information content (AvgIpc) is 3.17. The van der Waals surface area contributed by atoms with E-state index < -0.39 is 8.07 Å². The fourth-order valence-electron chi connectivity index (χ4n) is 5.86. The average molecular weight is 467 g/mol. The molecule has 0 spiro atoms. The molecule has 0 aliphatic heterocycles. The fourth-order valence-corrected chi connectivity index (χ4v) is 10.3. The van der Waals surface area contributed by atoms with E-state index in [1.54, 1.807) is 21.5 Å². The summed E-state index contributed by atoms with van der Waals surface area (Å²) in [6.07, 6.45) is 26.9. The molecule has 33 heavy (non-hydrogen) atoms. The molecule has 0 amide bonds. The van der Waals surface area contributed by atoms with Gasteiger partial charge in [0.15, 0.2) is 0 Å². The molecular formula is C32H54Si. The maximum atomic E-state index is 2.64. The van der Waals surface area contributed by atoms with Gasteiger partial charge in [-0.3, -0.25) is 0 Å². The van der Waals surface area contributed by atoms with Crippen molar-refractivity contribution in [1.29, 1.82) is 0 Å². The smallest absolute Gasteiger partial charge is 0.0694 e. The van der Waals surface area contributed by atoms with Gasteiger partial charge in [0.2, 0.25) is 0 Å². The van der Waals surface area contributed by atoms with Gasteiger partial charge >= 0.3 is 0 Å². The molecule has 0 N–H and O–H groups in total. The molecular weight excluding hydrogens is 412 g/mol. The van der Waals surface area contributed by atoms with E-state index in [2.05, 4.69) is 63.7 Å². The molecule has 1 unspecified atom stereocenters. The summed E-state index contributed by atoms with van der Waals surface area (Å²) in [6.45, 7) is 9.61. The number of allylic oxidation sites excluding steroid dienone is 4. The standard InChI is InChI=1S/C32H54Si/c1-5-6-7-8-9-10-11-12-13-14-15-16-17-18-19-23-26-33(4,31-24-21-20-22-25-31)32-28-29(2)27-30(32)3/h20-22,24-25,27H,5-19,23,26,28H2,1-4H3. The van der Waals surface area contributed by atoms with Gasteiger partial charge in [0, 0.05) is 0 Å². The lowest BCUT2D eigenvalue weighted by Crippen LogP contribution is -2.47. The molecule has 0 saturated heterocycles. The third kappa shape index (κ3) is 10.4. The van der Waals surface area contributed by atoms with Crippen LogP contribution in [0.1, 0.15) is 130 Å². The Bertz CT molecular complexity index is 698. The minimum absolute atomic E-state index is 1.22. The molecule has 1 atom stereocenters. The predicted octanol–water partition coefficient (Wildman–Crippen LogP) is 10.4.